The van der Waals surface area contributed by atoms with Crippen molar-refractivity contribution in [3.8, 4) is 0 Å². The monoisotopic (exact) mass is 383 g/mol. The minimum absolute atomic E-state index is 0.189. The van der Waals surface area contributed by atoms with Crippen molar-refractivity contribution in [3.05, 3.63) is 64.4 Å². The van der Waals surface area contributed by atoms with Crippen LogP contribution in [0.5, 0.6) is 0 Å². The van der Waals surface area contributed by atoms with Crippen molar-refractivity contribution >= 4 is 21.6 Å². The number of hydrogen-bond donors (Lipinski definition) is 0. The molecule has 1 heterocycles. The minimum Gasteiger partial charge on any atom is -0.371 e. The second-order valence-electron chi connectivity index (χ2n) is 5.99. The molecule has 0 aromatic heterocycles. The number of ether oxygens (including phenoxy) is 1. The van der Waals surface area contributed by atoms with Crippen molar-refractivity contribution in [2.75, 3.05) is 13.1 Å². The Bertz CT molecular complexity index is 849. The second kappa shape index (κ2) is 7.41. The summed E-state index contributed by atoms with van der Waals surface area (Å²) >= 11 is 5.95. The van der Waals surface area contributed by atoms with Crippen LogP contribution in [0.2, 0.25) is 5.02 Å². The van der Waals surface area contributed by atoms with Gasteiger partial charge in [0.1, 0.15) is 5.82 Å². The normalized spacial score (nSPS) is 16.0. The molecule has 0 radical (unpaired) electrons. The molecule has 0 spiro atoms. The van der Waals surface area contributed by atoms with Gasteiger partial charge in [0, 0.05) is 18.1 Å². The van der Waals surface area contributed by atoms with Crippen molar-refractivity contribution in [1.29, 1.82) is 0 Å². The third-order valence-electron chi connectivity index (χ3n) is 4.27. The molecule has 25 heavy (non-hydrogen) atoms. The summed E-state index contributed by atoms with van der Waals surface area (Å²) in [6, 6.07) is 11.1. The topological polar surface area (TPSA) is 46.6 Å². The van der Waals surface area contributed by atoms with E-state index in [-0.39, 0.29) is 12.7 Å². The Morgan fingerprint density at radius 1 is 1.20 bits per heavy atom. The fraction of sp³-hybridized carbons (Fsp3) is 0.333. The van der Waals surface area contributed by atoms with Gasteiger partial charge >= 0.3 is 0 Å². The van der Waals surface area contributed by atoms with E-state index in [2.05, 4.69) is 0 Å². The first-order chi connectivity index (χ1) is 11.9. The van der Waals surface area contributed by atoms with Gasteiger partial charge in [0.2, 0.25) is 10.0 Å². The van der Waals surface area contributed by atoms with Crippen LogP contribution in [0.3, 0.4) is 0 Å². The van der Waals surface area contributed by atoms with Crippen molar-refractivity contribution in [2.45, 2.75) is 31.0 Å². The average Bonchev–Trinajstić information content (AvgIpc) is 2.55. The molecule has 0 bridgehead atoms. The molecule has 0 N–H and O–H groups in total. The van der Waals surface area contributed by atoms with Crippen molar-refractivity contribution < 1.29 is 17.5 Å². The molecule has 2 aromatic carbocycles. The Morgan fingerprint density at radius 3 is 2.48 bits per heavy atom. The molecular formula is C18H19ClFNO3S. The first-order valence-corrected chi connectivity index (χ1v) is 9.86. The zero-order chi connectivity index (χ0) is 18.0. The summed E-state index contributed by atoms with van der Waals surface area (Å²) in [5.41, 5.74) is 1.78. The fourth-order valence-corrected chi connectivity index (χ4v) is 4.32. The van der Waals surface area contributed by atoms with E-state index in [9.17, 15) is 12.8 Å². The molecule has 0 saturated carbocycles. The second-order valence-corrected chi connectivity index (χ2v) is 8.33. The number of rotatable bonds is 6. The van der Waals surface area contributed by atoms with Crippen molar-refractivity contribution in [1.82, 2.24) is 4.31 Å². The lowest BCUT2D eigenvalue weighted by molar-refractivity contribution is -0.0295. The average molecular weight is 384 g/mol. The summed E-state index contributed by atoms with van der Waals surface area (Å²) in [4.78, 5) is 0.296. The molecule has 3 rings (SSSR count). The Balaban J connectivity index is 1.56. The lowest BCUT2D eigenvalue weighted by Crippen LogP contribution is -2.54. The van der Waals surface area contributed by atoms with Crippen LogP contribution in [-0.4, -0.2) is 31.9 Å². The molecule has 0 aliphatic carbocycles. The molecule has 1 aliphatic rings. The van der Waals surface area contributed by atoms with Crippen LogP contribution in [0.1, 0.15) is 18.1 Å². The highest BCUT2D eigenvalue weighted by Gasteiger charge is 2.37. The maximum Gasteiger partial charge on any atom is 0.243 e. The van der Waals surface area contributed by atoms with Gasteiger partial charge < -0.3 is 4.74 Å². The van der Waals surface area contributed by atoms with E-state index in [1.54, 1.807) is 18.2 Å². The number of nitrogens with zero attached hydrogens (tertiary/aromatic N) is 1. The van der Waals surface area contributed by atoms with E-state index in [1.165, 1.54) is 16.4 Å². The highest BCUT2D eigenvalue weighted by molar-refractivity contribution is 7.89. The van der Waals surface area contributed by atoms with Crippen molar-refractivity contribution in [3.63, 3.8) is 0 Å². The predicted octanol–water partition coefficient (Wildman–Crippen LogP) is 3.63. The van der Waals surface area contributed by atoms with Gasteiger partial charge in [0.15, 0.2) is 0 Å². The van der Waals surface area contributed by atoms with Crippen LogP contribution in [0.4, 0.5) is 4.39 Å². The molecule has 2 aromatic rings. The molecule has 1 aliphatic heterocycles. The van der Waals surface area contributed by atoms with E-state index in [0.29, 0.717) is 28.6 Å². The molecule has 0 unspecified atom stereocenters. The lowest BCUT2D eigenvalue weighted by Gasteiger charge is -2.37. The van der Waals surface area contributed by atoms with Gasteiger partial charge in [-0.25, -0.2) is 12.8 Å². The third-order valence-corrected chi connectivity index (χ3v) is 6.47. The first-order valence-electron chi connectivity index (χ1n) is 8.04. The minimum atomic E-state index is -3.48. The van der Waals surface area contributed by atoms with Gasteiger partial charge in [0.25, 0.3) is 0 Å². The van der Waals surface area contributed by atoms with Gasteiger partial charge in [-0.05, 0) is 41.8 Å². The van der Waals surface area contributed by atoms with Crippen LogP contribution in [0.25, 0.3) is 0 Å². The van der Waals surface area contributed by atoms with Crippen LogP contribution in [0.15, 0.2) is 47.4 Å². The zero-order valence-corrected chi connectivity index (χ0v) is 15.4. The smallest absolute Gasteiger partial charge is 0.243 e. The van der Waals surface area contributed by atoms with E-state index < -0.39 is 15.8 Å². The van der Waals surface area contributed by atoms with E-state index in [1.807, 2.05) is 19.1 Å². The largest absolute Gasteiger partial charge is 0.371 e. The molecule has 0 atom stereocenters. The number of benzene rings is 2. The molecule has 1 fully saturated rings. The molecule has 134 valence electrons. The summed E-state index contributed by atoms with van der Waals surface area (Å²) in [6.07, 6.45) is 0.678. The molecule has 7 heteroatoms. The maximum atomic E-state index is 13.0. The fourth-order valence-electron chi connectivity index (χ4n) is 2.60. The third kappa shape index (κ3) is 4.03. The van der Waals surface area contributed by atoms with Crippen LogP contribution >= 0.6 is 11.6 Å². The van der Waals surface area contributed by atoms with Gasteiger partial charge in [-0.15, -0.1) is 0 Å². The highest BCUT2D eigenvalue weighted by atomic mass is 35.5. The summed E-state index contributed by atoms with van der Waals surface area (Å²) in [7, 11) is -3.48. The summed E-state index contributed by atoms with van der Waals surface area (Å²) in [5, 5.41) is 0.305. The van der Waals surface area contributed by atoms with Crippen LogP contribution in [0, 0.1) is 5.82 Å². The zero-order valence-electron chi connectivity index (χ0n) is 13.8. The van der Waals surface area contributed by atoms with Crippen molar-refractivity contribution in [2.24, 2.45) is 0 Å². The van der Waals surface area contributed by atoms with Crippen LogP contribution in [-0.2, 0) is 27.8 Å². The van der Waals surface area contributed by atoms with E-state index >= 15 is 0 Å². The predicted molar refractivity (Wildman–Crippen MR) is 94.6 cm³/mol. The Kier molecular flexibility index (Phi) is 5.43. The summed E-state index contributed by atoms with van der Waals surface area (Å²) in [6.45, 7) is 2.85. The van der Waals surface area contributed by atoms with Gasteiger partial charge in [-0.2, -0.15) is 4.31 Å². The SMILES string of the molecule is CCc1ccc(S(=O)(=O)N2CC(OCc3ccc(F)cc3Cl)C2)cc1. The van der Waals surface area contributed by atoms with Gasteiger partial charge in [0.05, 0.1) is 17.6 Å². The first kappa shape index (κ1) is 18.3. The Hall–Kier alpha value is -1.47. The number of halogens is 2. The summed E-state index contributed by atoms with van der Waals surface area (Å²) < 4.78 is 45.1. The standard InChI is InChI=1S/C18H19ClFNO3S/c1-2-13-3-7-17(8-4-13)25(22,23)21-10-16(11-21)24-12-14-5-6-15(20)9-18(14)19/h3-9,16H,2,10-12H2,1H3. The number of hydrogen-bond acceptors (Lipinski definition) is 3. The maximum absolute atomic E-state index is 13.0. The van der Waals surface area contributed by atoms with E-state index in [4.69, 9.17) is 16.3 Å². The molecule has 1 saturated heterocycles. The molecule has 0 amide bonds. The lowest BCUT2D eigenvalue weighted by atomic mass is 10.2. The number of sulfonamides is 1. The quantitative estimate of drug-likeness (QED) is 0.765. The Morgan fingerprint density at radius 2 is 1.88 bits per heavy atom. The Labute approximate surface area is 152 Å². The molecular weight excluding hydrogens is 365 g/mol. The number of aryl methyl sites for hydroxylation is 1. The summed E-state index contributed by atoms with van der Waals surface area (Å²) in [5.74, 6) is -0.399. The van der Waals surface area contributed by atoms with Gasteiger partial charge in [-0.1, -0.05) is 36.7 Å². The van der Waals surface area contributed by atoms with Crippen LogP contribution < -0.4 is 0 Å². The van der Waals surface area contributed by atoms with Gasteiger partial charge in [-0.3, -0.25) is 0 Å². The molecule has 4 nitrogen and oxygen atoms in total. The van der Waals surface area contributed by atoms with E-state index in [0.717, 1.165) is 12.0 Å². The highest BCUT2D eigenvalue weighted by Crippen LogP contribution is 2.25.